The first-order valence-corrected chi connectivity index (χ1v) is 6.41. The van der Waals surface area contributed by atoms with Gasteiger partial charge >= 0.3 is 11.9 Å². The van der Waals surface area contributed by atoms with Crippen LogP contribution in [0.25, 0.3) is 0 Å². The molecule has 4 nitrogen and oxygen atoms in total. The van der Waals surface area contributed by atoms with Gasteiger partial charge in [-0.25, -0.2) is 4.79 Å². The highest BCUT2D eigenvalue weighted by Gasteiger charge is 2.23. The molecule has 0 spiro atoms. The Morgan fingerprint density at radius 3 is 2.28 bits per heavy atom. The van der Waals surface area contributed by atoms with E-state index < -0.39 is 0 Å². The van der Waals surface area contributed by atoms with Crippen molar-refractivity contribution in [3.05, 3.63) is 11.6 Å². The van der Waals surface area contributed by atoms with Crippen molar-refractivity contribution in [1.82, 2.24) is 0 Å². The second-order valence-electron chi connectivity index (χ2n) is 4.23. The molecule has 0 bridgehead atoms. The lowest BCUT2D eigenvalue weighted by Gasteiger charge is -2.15. The summed E-state index contributed by atoms with van der Waals surface area (Å²) in [5, 5.41) is 0. The van der Waals surface area contributed by atoms with Crippen LogP contribution in [0.15, 0.2) is 11.6 Å². The third kappa shape index (κ3) is 5.84. The molecule has 0 fully saturated rings. The fourth-order valence-electron chi connectivity index (χ4n) is 1.83. The number of methoxy groups -OCH3 is 2. The van der Waals surface area contributed by atoms with Crippen molar-refractivity contribution in [3.63, 3.8) is 0 Å². The molecule has 0 amide bonds. The fourth-order valence-corrected chi connectivity index (χ4v) is 1.83. The van der Waals surface area contributed by atoms with Crippen LogP contribution in [0, 0.1) is 5.92 Å². The standard InChI is InChI=1S/C14H24O4/c1-5-7-8-9-12(14(16)18-4)10-11(6-2)13(15)17-3/h6,12H,5,7-10H2,1-4H3/b11-6-. The van der Waals surface area contributed by atoms with Gasteiger partial charge in [0.1, 0.15) is 0 Å². The highest BCUT2D eigenvalue weighted by Crippen LogP contribution is 2.21. The van der Waals surface area contributed by atoms with Gasteiger partial charge in [-0.05, 0) is 19.8 Å². The Balaban J connectivity index is 4.56. The molecule has 0 aromatic heterocycles. The van der Waals surface area contributed by atoms with E-state index in [9.17, 15) is 9.59 Å². The zero-order valence-corrected chi connectivity index (χ0v) is 11.8. The molecule has 1 atom stereocenters. The van der Waals surface area contributed by atoms with Crippen molar-refractivity contribution in [3.8, 4) is 0 Å². The molecule has 0 heterocycles. The minimum atomic E-state index is -0.373. The first-order chi connectivity index (χ1) is 8.60. The fraction of sp³-hybridized carbons (Fsp3) is 0.714. The van der Waals surface area contributed by atoms with Crippen molar-refractivity contribution in [2.75, 3.05) is 14.2 Å². The molecule has 0 aromatic rings. The molecule has 0 aromatic carbocycles. The second-order valence-corrected chi connectivity index (χ2v) is 4.23. The number of ether oxygens (including phenoxy) is 2. The van der Waals surface area contributed by atoms with E-state index in [2.05, 4.69) is 11.7 Å². The Bertz CT molecular complexity index is 294. The van der Waals surface area contributed by atoms with Crippen LogP contribution in [-0.2, 0) is 19.1 Å². The van der Waals surface area contributed by atoms with E-state index in [1.165, 1.54) is 14.2 Å². The maximum absolute atomic E-state index is 11.7. The number of esters is 2. The average molecular weight is 256 g/mol. The summed E-state index contributed by atoms with van der Waals surface area (Å²) in [6, 6.07) is 0. The molecule has 18 heavy (non-hydrogen) atoms. The van der Waals surface area contributed by atoms with Gasteiger partial charge in [-0.15, -0.1) is 0 Å². The molecule has 0 radical (unpaired) electrons. The van der Waals surface area contributed by atoms with Gasteiger partial charge in [-0.2, -0.15) is 0 Å². The predicted octanol–water partition coefficient (Wildman–Crippen LogP) is 2.87. The molecule has 104 valence electrons. The molecule has 0 aliphatic heterocycles. The van der Waals surface area contributed by atoms with E-state index in [4.69, 9.17) is 4.74 Å². The number of unbranched alkanes of at least 4 members (excludes halogenated alkanes) is 2. The summed E-state index contributed by atoms with van der Waals surface area (Å²) in [6.45, 7) is 3.88. The van der Waals surface area contributed by atoms with Crippen molar-refractivity contribution in [2.24, 2.45) is 5.92 Å². The molecule has 0 N–H and O–H groups in total. The Hall–Kier alpha value is -1.32. The summed E-state index contributed by atoms with van der Waals surface area (Å²) in [5.74, 6) is -0.886. The zero-order chi connectivity index (χ0) is 14.0. The average Bonchev–Trinajstić information content (AvgIpc) is 2.41. The summed E-state index contributed by atoms with van der Waals surface area (Å²) >= 11 is 0. The van der Waals surface area contributed by atoms with Crippen LogP contribution in [0.3, 0.4) is 0 Å². The lowest BCUT2D eigenvalue weighted by atomic mass is 9.93. The molecule has 4 heteroatoms. The van der Waals surface area contributed by atoms with Crippen LogP contribution in [0.2, 0.25) is 0 Å². The van der Waals surface area contributed by atoms with E-state index in [0.717, 1.165) is 25.7 Å². The maximum Gasteiger partial charge on any atom is 0.333 e. The molecule has 0 saturated carbocycles. The zero-order valence-electron chi connectivity index (χ0n) is 11.8. The van der Waals surface area contributed by atoms with Gasteiger partial charge in [0.05, 0.1) is 20.1 Å². The summed E-state index contributed by atoms with van der Waals surface area (Å²) in [7, 11) is 2.72. The minimum absolute atomic E-state index is 0.255. The number of hydrogen-bond acceptors (Lipinski definition) is 4. The normalized spacial score (nSPS) is 13.0. The molecule has 0 rings (SSSR count). The Labute approximate surface area is 109 Å². The van der Waals surface area contributed by atoms with E-state index in [1.54, 1.807) is 13.0 Å². The quantitative estimate of drug-likeness (QED) is 0.380. The van der Waals surface area contributed by atoms with Crippen LogP contribution in [0.4, 0.5) is 0 Å². The Morgan fingerprint density at radius 1 is 1.17 bits per heavy atom. The number of hydrogen-bond donors (Lipinski definition) is 0. The number of allylic oxidation sites excluding steroid dienone is 1. The van der Waals surface area contributed by atoms with E-state index >= 15 is 0 Å². The topological polar surface area (TPSA) is 52.6 Å². The van der Waals surface area contributed by atoms with Crippen molar-refractivity contribution in [1.29, 1.82) is 0 Å². The van der Waals surface area contributed by atoms with Gasteiger partial charge in [0.25, 0.3) is 0 Å². The van der Waals surface area contributed by atoms with Crippen LogP contribution < -0.4 is 0 Å². The van der Waals surface area contributed by atoms with Gasteiger partial charge < -0.3 is 9.47 Å². The van der Waals surface area contributed by atoms with E-state index in [1.807, 2.05) is 0 Å². The number of carbonyl (C=O) groups is 2. The third-order valence-electron chi connectivity index (χ3n) is 2.95. The molecular formula is C14H24O4. The summed E-state index contributed by atoms with van der Waals surface area (Å²) in [6.07, 6.45) is 5.97. The largest absolute Gasteiger partial charge is 0.469 e. The SMILES string of the molecule is C/C=C(/CC(CCCCC)C(=O)OC)C(=O)OC. The molecule has 1 unspecified atom stereocenters. The highest BCUT2D eigenvalue weighted by atomic mass is 16.5. The van der Waals surface area contributed by atoms with Crippen LogP contribution in [0.1, 0.15) is 46.0 Å². The van der Waals surface area contributed by atoms with Gasteiger partial charge in [0.15, 0.2) is 0 Å². The molecule has 0 aliphatic rings. The number of rotatable bonds is 8. The summed E-state index contributed by atoms with van der Waals surface area (Å²) in [5.41, 5.74) is 0.532. The highest BCUT2D eigenvalue weighted by molar-refractivity contribution is 5.89. The van der Waals surface area contributed by atoms with Gasteiger partial charge in [0.2, 0.25) is 0 Å². The summed E-state index contributed by atoms with van der Waals surface area (Å²) < 4.78 is 9.47. The van der Waals surface area contributed by atoms with E-state index in [0.29, 0.717) is 12.0 Å². The Kier molecular flexibility index (Phi) is 8.97. The van der Waals surface area contributed by atoms with E-state index in [-0.39, 0.29) is 17.9 Å². The monoisotopic (exact) mass is 256 g/mol. The molecule has 0 aliphatic carbocycles. The van der Waals surface area contributed by atoms with Crippen LogP contribution >= 0.6 is 0 Å². The molecular weight excluding hydrogens is 232 g/mol. The lowest BCUT2D eigenvalue weighted by Crippen LogP contribution is -2.19. The van der Waals surface area contributed by atoms with Crippen molar-refractivity contribution in [2.45, 2.75) is 46.0 Å². The maximum atomic E-state index is 11.7. The summed E-state index contributed by atoms with van der Waals surface area (Å²) in [4.78, 5) is 23.1. The lowest BCUT2D eigenvalue weighted by molar-refractivity contribution is -0.145. The van der Waals surface area contributed by atoms with Gasteiger partial charge in [0, 0.05) is 5.57 Å². The van der Waals surface area contributed by atoms with Crippen LogP contribution in [-0.4, -0.2) is 26.2 Å². The minimum Gasteiger partial charge on any atom is -0.469 e. The predicted molar refractivity (Wildman–Crippen MR) is 70.0 cm³/mol. The second kappa shape index (κ2) is 9.68. The molecule has 0 saturated heterocycles. The van der Waals surface area contributed by atoms with Crippen molar-refractivity contribution < 1.29 is 19.1 Å². The first kappa shape index (κ1) is 16.7. The first-order valence-electron chi connectivity index (χ1n) is 6.41. The van der Waals surface area contributed by atoms with Gasteiger partial charge in [-0.1, -0.05) is 32.3 Å². The third-order valence-corrected chi connectivity index (χ3v) is 2.95. The van der Waals surface area contributed by atoms with Gasteiger partial charge in [-0.3, -0.25) is 4.79 Å². The number of carbonyl (C=O) groups excluding carboxylic acids is 2. The van der Waals surface area contributed by atoms with Crippen LogP contribution in [0.5, 0.6) is 0 Å². The Morgan fingerprint density at radius 2 is 1.83 bits per heavy atom. The van der Waals surface area contributed by atoms with Crippen molar-refractivity contribution >= 4 is 11.9 Å². The smallest absolute Gasteiger partial charge is 0.333 e.